The van der Waals surface area contributed by atoms with Crippen molar-refractivity contribution in [2.75, 3.05) is 13.1 Å². The molecule has 2 heterocycles. The lowest BCUT2D eigenvalue weighted by atomic mass is 9.48. The van der Waals surface area contributed by atoms with Crippen LogP contribution in [0.15, 0.2) is 24.8 Å². The first-order valence-electron chi connectivity index (χ1n) is 10.4. The van der Waals surface area contributed by atoms with E-state index in [4.69, 9.17) is 14.2 Å². The van der Waals surface area contributed by atoms with Crippen LogP contribution in [0.1, 0.15) is 44.2 Å². The van der Waals surface area contributed by atoms with Gasteiger partial charge in [-0.05, 0) is 30.9 Å². The molecule has 4 atom stereocenters. The first-order chi connectivity index (χ1) is 14.3. The predicted octanol–water partition coefficient (Wildman–Crippen LogP) is 2.09. The molecule has 4 aliphatic rings. The maximum atomic E-state index is 13.1. The molecule has 0 aromatic heterocycles. The highest BCUT2D eigenvalue weighted by Crippen LogP contribution is 2.66. The second-order valence-corrected chi connectivity index (χ2v) is 8.69. The van der Waals surface area contributed by atoms with E-state index in [9.17, 15) is 14.4 Å². The van der Waals surface area contributed by atoms with Gasteiger partial charge in [-0.1, -0.05) is 12.1 Å². The molecule has 0 amide bonds. The summed E-state index contributed by atoms with van der Waals surface area (Å²) in [4.78, 5) is 39.4. The number of nitrogens with zero attached hydrogens (tertiary/aromatic N) is 1. The zero-order chi connectivity index (χ0) is 21.3. The molecule has 158 valence electrons. The molecule has 5 rings (SSSR count). The fourth-order valence-corrected chi connectivity index (χ4v) is 6.46. The van der Waals surface area contributed by atoms with E-state index in [2.05, 4.69) is 11.5 Å². The number of hydrogen-bond acceptors (Lipinski definition) is 7. The topological polar surface area (TPSA) is 82.1 Å². The molecule has 2 aliphatic heterocycles. The highest BCUT2D eigenvalue weighted by Gasteiger charge is 2.75. The number of ether oxygens (including phenoxy) is 3. The number of rotatable bonds is 4. The molecular formula is C23H25NO6. The van der Waals surface area contributed by atoms with Crippen LogP contribution in [-0.2, 0) is 31.0 Å². The maximum Gasteiger partial charge on any atom is 0.308 e. The SMILES string of the molecule is C=CCN1CC[C@@]23c4c5ccc(OC(C)=O)c4O[C@@H]2C(=O)CC[C@]3(OC(C)=O)[C@@H]1C5. The summed E-state index contributed by atoms with van der Waals surface area (Å²) in [6.45, 7) is 8.07. The number of carbonyl (C=O) groups excluding carboxylic acids is 3. The molecule has 1 aromatic carbocycles. The summed E-state index contributed by atoms with van der Waals surface area (Å²) in [5, 5.41) is 0. The van der Waals surface area contributed by atoms with Crippen molar-refractivity contribution in [1.82, 2.24) is 4.90 Å². The summed E-state index contributed by atoms with van der Waals surface area (Å²) in [5.74, 6) is -0.0293. The van der Waals surface area contributed by atoms with Gasteiger partial charge in [0, 0.05) is 38.9 Å². The van der Waals surface area contributed by atoms with Crippen LogP contribution in [0.25, 0.3) is 0 Å². The van der Waals surface area contributed by atoms with E-state index in [0.29, 0.717) is 37.3 Å². The Morgan fingerprint density at radius 1 is 1.30 bits per heavy atom. The number of Topliss-reactive ketones (excluding diaryl/α,β-unsaturated/α-hetero) is 1. The predicted molar refractivity (Wildman–Crippen MR) is 106 cm³/mol. The van der Waals surface area contributed by atoms with Gasteiger partial charge in [0.2, 0.25) is 0 Å². The van der Waals surface area contributed by atoms with E-state index in [1.807, 2.05) is 12.1 Å². The summed E-state index contributed by atoms with van der Waals surface area (Å²) in [7, 11) is 0. The van der Waals surface area contributed by atoms with Gasteiger partial charge in [-0.3, -0.25) is 19.3 Å². The van der Waals surface area contributed by atoms with Crippen molar-refractivity contribution in [3.8, 4) is 11.5 Å². The molecule has 2 bridgehead atoms. The van der Waals surface area contributed by atoms with Gasteiger partial charge in [0.25, 0.3) is 0 Å². The second kappa shape index (κ2) is 6.41. The van der Waals surface area contributed by atoms with E-state index in [-0.39, 0.29) is 24.2 Å². The van der Waals surface area contributed by atoms with Crippen LogP contribution < -0.4 is 9.47 Å². The third-order valence-electron chi connectivity index (χ3n) is 7.26. The molecule has 2 fully saturated rings. The van der Waals surface area contributed by atoms with Gasteiger partial charge in [-0.2, -0.15) is 0 Å². The van der Waals surface area contributed by atoms with Crippen molar-refractivity contribution in [3.05, 3.63) is 35.9 Å². The summed E-state index contributed by atoms with van der Waals surface area (Å²) < 4.78 is 17.9. The first-order valence-corrected chi connectivity index (χ1v) is 10.4. The Bertz CT molecular complexity index is 986. The average Bonchev–Trinajstić information content (AvgIpc) is 3.03. The van der Waals surface area contributed by atoms with E-state index in [1.165, 1.54) is 13.8 Å². The molecule has 0 radical (unpaired) electrons. The zero-order valence-electron chi connectivity index (χ0n) is 17.2. The molecule has 7 heteroatoms. The quantitative estimate of drug-likeness (QED) is 0.426. The zero-order valence-corrected chi connectivity index (χ0v) is 17.2. The molecule has 1 aromatic rings. The van der Waals surface area contributed by atoms with Crippen molar-refractivity contribution in [2.45, 2.75) is 62.7 Å². The van der Waals surface area contributed by atoms with Crippen molar-refractivity contribution in [1.29, 1.82) is 0 Å². The molecule has 0 N–H and O–H groups in total. The number of likely N-dealkylation sites (tertiary alicyclic amines) is 1. The van der Waals surface area contributed by atoms with Crippen LogP contribution in [0.2, 0.25) is 0 Å². The Labute approximate surface area is 175 Å². The number of esters is 2. The largest absolute Gasteiger partial charge is 0.477 e. The van der Waals surface area contributed by atoms with Crippen molar-refractivity contribution in [3.63, 3.8) is 0 Å². The Balaban J connectivity index is 1.78. The van der Waals surface area contributed by atoms with Crippen LogP contribution in [-0.4, -0.2) is 53.5 Å². The average molecular weight is 411 g/mol. The minimum atomic E-state index is -0.869. The van der Waals surface area contributed by atoms with Crippen LogP contribution in [0.5, 0.6) is 11.5 Å². The van der Waals surface area contributed by atoms with Crippen LogP contribution >= 0.6 is 0 Å². The van der Waals surface area contributed by atoms with E-state index in [1.54, 1.807) is 6.07 Å². The Kier molecular flexibility index (Phi) is 4.13. The fraction of sp³-hybridized carbons (Fsp3) is 0.522. The van der Waals surface area contributed by atoms with Crippen molar-refractivity contribution in [2.24, 2.45) is 0 Å². The molecule has 7 nitrogen and oxygen atoms in total. The third-order valence-corrected chi connectivity index (χ3v) is 7.26. The van der Waals surface area contributed by atoms with Gasteiger partial charge in [0.15, 0.2) is 23.4 Å². The number of hydrogen-bond donors (Lipinski definition) is 0. The van der Waals surface area contributed by atoms with Crippen LogP contribution in [0.3, 0.4) is 0 Å². The molecule has 1 saturated heterocycles. The Morgan fingerprint density at radius 3 is 2.80 bits per heavy atom. The van der Waals surface area contributed by atoms with E-state index in [0.717, 1.165) is 17.7 Å². The first kappa shape index (κ1) is 19.3. The van der Waals surface area contributed by atoms with E-state index >= 15 is 0 Å². The fourth-order valence-electron chi connectivity index (χ4n) is 6.46. The minimum Gasteiger partial charge on any atom is -0.477 e. The van der Waals surface area contributed by atoms with Gasteiger partial charge in [0.05, 0.1) is 11.5 Å². The second-order valence-electron chi connectivity index (χ2n) is 8.69. The van der Waals surface area contributed by atoms with Crippen molar-refractivity contribution >= 4 is 17.7 Å². The molecule has 1 spiro atoms. The summed E-state index contributed by atoms with van der Waals surface area (Å²) >= 11 is 0. The highest BCUT2D eigenvalue weighted by molar-refractivity contribution is 5.90. The number of piperidine rings is 1. The Hall–Kier alpha value is -2.67. The normalized spacial score (nSPS) is 33.3. The number of carbonyl (C=O) groups is 3. The lowest BCUT2D eigenvalue weighted by molar-refractivity contribution is -0.213. The lowest BCUT2D eigenvalue weighted by Gasteiger charge is -2.63. The number of ketones is 1. The monoisotopic (exact) mass is 411 g/mol. The van der Waals surface area contributed by atoms with Gasteiger partial charge in [0.1, 0.15) is 5.60 Å². The lowest BCUT2D eigenvalue weighted by Crippen LogP contribution is -2.77. The maximum absolute atomic E-state index is 13.1. The number of benzene rings is 1. The molecule has 1 saturated carbocycles. The van der Waals surface area contributed by atoms with Crippen LogP contribution in [0, 0.1) is 0 Å². The van der Waals surface area contributed by atoms with Crippen LogP contribution in [0.4, 0.5) is 0 Å². The third kappa shape index (κ3) is 2.27. The van der Waals surface area contributed by atoms with Gasteiger partial charge < -0.3 is 14.2 Å². The van der Waals surface area contributed by atoms with Gasteiger partial charge in [-0.25, -0.2) is 0 Å². The molecule has 2 aliphatic carbocycles. The van der Waals surface area contributed by atoms with Gasteiger partial charge in [-0.15, -0.1) is 6.58 Å². The van der Waals surface area contributed by atoms with Gasteiger partial charge >= 0.3 is 11.9 Å². The van der Waals surface area contributed by atoms with E-state index < -0.39 is 23.1 Å². The summed E-state index contributed by atoms with van der Waals surface area (Å²) in [6.07, 6.45) is 3.14. The molecule has 0 unspecified atom stereocenters. The summed E-state index contributed by atoms with van der Waals surface area (Å²) in [6, 6.07) is 3.61. The minimum absolute atomic E-state index is 0.00604. The van der Waals surface area contributed by atoms with Crippen molar-refractivity contribution < 1.29 is 28.6 Å². The highest BCUT2D eigenvalue weighted by atomic mass is 16.6. The molecule has 30 heavy (non-hydrogen) atoms. The Morgan fingerprint density at radius 2 is 2.10 bits per heavy atom. The standard InChI is InChI=1S/C23H25NO6/c1-4-10-24-11-9-22-19-15-5-6-17(28-13(2)25)20(19)29-21(22)16(27)7-8-23(22,18(24)12-15)30-14(3)26/h4-6,18,21H,1,7-12H2,2-3H3/t18-,21+,22+,23-/m0/s1. The smallest absolute Gasteiger partial charge is 0.308 e. The molecular weight excluding hydrogens is 386 g/mol. The summed E-state index contributed by atoms with van der Waals surface area (Å²) in [5.41, 5.74) is 0.302.